The van der Waals surface area contributed by atoms with Crippen molar-refractivity contribution >= 4 is 5.97 Å². The van der Waals surface area contributed by atoms with Crippen LogP contribution in [0.3, 0.4) is 0 Å². The number of aromatic carboxylic acids is 1. The van der Waals surface area contributed by atoms with Gasteiger partial charge in [-0.2, -0.15) is 0 Å². The van der Waals surface area contributed by atoms with Crippen LogP contribution in [-0.2, 0) is 0 Å². The lowest BCUT2D eigenvalue weighted by atomic mass is 9.99. The normalized spacial score (nSPS) is 10.6. The molecule has 0 atom stereocenters. The number of nitrogens with zero attached hydrogens (tertiary/aromatic N) is 2. The second kappa shape index (κ2) is 6.64. The van der Waals surface area contributed by atoms with Gasteiger partial charge in [-0.15, -0.1) is 5.10 Å². The van der Waals surface area contributed by atoms with Crippen molar-refractivity contribution < 1.29 is 9.90 Å². The number of carbonyl (C=O) groups is 1. The highest BCUT2D eigenvalue weighted by molar-refractivity contribution is 5.92. The number of aromatic nitrogens is 3. The quantitative estimate of drug-likeness (QED) is 0.573. The summed E-state index contributed by atoms with van der Waals surface area (Å²) in [4.78, 5) is 11.2. The first kappa shape index (κ1) is 15.8. The maximum Gasteiger partial charge on any atom is 0.356 e. The molecule has 126 valence electrons. The Hall–Kier alpha value is -3.73. The molecule has 0 amide bonds. The third kappa shape index (κ3) is 2.98. The van der Waals surface area contributed by atoms with Gasteiger partial charge < -0.3 is 5.11 Å². The van der Waals surface area contributed by atoms with E-state index in [0.29, 0.717) is 11.3 Å². The van der Waals surface area contributed by atoms with Crippen LogP contribution in [0.2, 0.25) is 0 Å². The maximum atomic E-state index is 11.2. The third-order valence-corrected chi connectivity index (χ3v) is 4.25. The van der Waals surface area contributed by atoms with Crippen LogP contribution in [0.25, 0.3) is 33.5 Å². The summed E-state index contributed by atoms with van der Waals surface area (Å²) in [5.41, 5.74) is 5.53. The lowest BCUT2D eigenvalue weighted by Crippen LogP contribution is -1.99. The molecule has 0 radical (unpaired) electrons. The van der Waals surface area contributed by atoms with E-state index >= 15 is 0 Å². The van der Waals surface area contributed by atoms with E-state index in [1.54, 1.807) is 0 Å². The molecule has 1 aromatic heterocycles. The lowest BCUT2D eigenvalue weighted by Gasteiger charge is -2.06. The SMILES string of the molecule is O=C(O)c1[nH]nnc1-c1ccc(-c2ccc(-c3ccccc3)cc2)cc1. The van der Waals surface area contributed by atoms with Crippen molar-refractivity contribution in [2.45, 2.75) is 0 Å². The minimum Gasteiger partial charge on any atom is -0.476 e. The van der Waals surface area contributed by atoms with Gasteiger partial charge in [-0.3, -0.25) is 5.10 Å². The van der Waals surface area contributed by atoms with Crippen LogP contribution in [0.1, 0.15) is 10.5 Å². The van der Waals surface area contributed by atoms with Gasteiger partial charge in [-0.25, -0.2) is 4.79 Å². The highest BCUT2D eigenvalue weighted by Gasteiger charge is 2.15. The monoisotopic (exact) mass is 341 g/mol. The molecule has 0 saturated heterocycles. The fourth-order valence-electron chi connectivity index (χ4n) is 2.89. The predicted molar refractivity (Wildman–Crippen MR) is 99.7 cm³/mol. The van der Waals surface area contributed by atoms with Gasteiger partial charge in [0.2, 0.25) is 0 Å². The van der Waals surface area contributed by atoms with Crippen LogP contribution in [0, 0.1) is 0 Å². The zero-order valence-corrected chi connectivity index (χ0v) is 13.8. The second-order valence-corrected chi connectivity index (χ2v) is 5.86. The number of hydrogen-bond donors (Lipinski definition) is 2. The van der Waals surface area contributed by atoms with Gasteiger partial charge in [-0.05, 0) is 22.3 Å². The predicted octanol–water partition coefficient (Wildman–Crippen LogP) is 4.50. The van der Waals surface area contributed by atoms with E-state index in [1.165, 1.54) is 11.1 Å². The van der Waals surface area contributed by atoms with E-state index in [9.17, 15) is 4.79 Å². The van der Waals surface area contributed by atoms with Crippen molar-refractivity contribution in [1.82, 2.24) is 15.4 Å². The maximum absolute atomic E-state index is 11.2. The molecule has 2 N–H and O–H groups in total. The number of hydrogen-bond acceptors (Lipinski definition) is 3. The molecule has 1 heterocycles. The van der Waals surface area contributed by atoms with Crippen molar-refractivity contribution in [2.24, 2.45) is 0 Å². The van der Waals surface area contributed by atoms with Crippen LogP contribution in [0.5, 0.6) is 0 Å². The Morgan fingerprint density at radius 3 is 1.65 bits per heavy atom. The topological polar surface area (TPSA) is 78.9 Å². The summed E-state index contributed by atoms with van der Waals surface area (Å²) in [6.07, 6.45) is 0. The number of H-pyrrole nitrogens is 1. The van der Waals surface area contributed by atoms with Gasteiger partial charge in [-0.1, -0.05) is 84.1 Å². The smallest absolute Gasteiger partial charge is 0.356 e. The number of carboxylic acids is 1. The van der Waals surface area contributed by atoms with Crippen molar-refractivity contribution in [2.75, 3.05) is 0 Å². The van der Waals surface area contributed by atoms with Crippen molar-refractivity contribution in [3.05, 3.63) is 84.6 Å². The Labute approximate surface area is 150 Å². The average molecular weight is 341 g/mol. The zero-order chi connectivity index (χ0) is 17.9. The highest BCUT2D eigenvalue weighted by atomic mass is 16.4. The molecule has 0 spiro atoms. The van der Waals surface area contributed by atoms with Gasteiger partial charge in [0.25, 0.3) is 0 Å². The minimum atomic E-state index is -1.08. The molecule has 0 saturated carbocycles. The lowest BCUT2D eigenvalue weighted by molar-refractivity contribution is 0.0691. The van der Waals surface area contributed by atoms with Gasteiger partial charge >= 0.3 is 5.97 Å². The number of benzene rings is 3. The Morgan fingerprint density at radius 1 is 0.692 bits per heavy atom. The summed E-state index contributed by atoms with van der Waals surface area (Å²) in [5, 5.41) is 19.0. The summed E-state index contributed by atoms with van der Waals surface area (Å²) in [6.45, 7) is 0. The number of carboxylic acid groups (broad SMARTS) is 1. The Balaban J connectivity index is 1.61. The van der Waals surface area contributed by atoms with Crippen LogP contribution in [-0.4, -0.2) is 26.5 Å². The summed E-state index contributed by atoms with van der Waals surface area (Å²) in [7, 11) is 0. The van der Waals surface area contributed by atoms with Crippen molar-refractivity contribution in [1.29, 1.82) is 0 Å². The van der Waals surface area contributed by atoms with Crippen LogP contribution in [0.15, 0.2) is 78.9 Å². The summed E-state index contributed by atoms with van der Waals surface area (Å²) >= 11 is 0. The highest BCUT2D eigenvalue weighted by Crippen LogP contribution is 2.27. The molecule has 3 aromatic carbocycles. The molecular weight excluding hydrogens is 326 g/mol. The number of nitrogens with one attached hydrogen (secondary N) is 1. The van der Waals surface area contributed by atoms with E-state index in [1.807, 2.05) is 42.5 Å². The van der Waals surface area contributed by atoms with E-state index < -0.39 is 5.97 Å². The summed E-state index contributed by atoms with van der Waals surface area (Å²) in [6, 6.07) is 26.2. The van der Waals surface area contributed by atoms with Crippen LogP contribution < -0.4 is 0 Å². The molecule has 5 heteroatoms. The second-order valence-electron chi connectivity index (χ2n) is 5.86. The average Bonchev–Trinajstić information content (AvgIpc) is 3.19. The van der Waals surface area contributed by atoms with Crippen LogP contribution in [0.4, 0.5) is 0 Å². The molecule has 26 heavy (non-hydrogen) atoms. The van der Waals surface area contributed by atoms with Gasteiger partial charge in [0.15, 0.2) is 5.69 Å². The molecule has 4 rings (SSSR count). The summed E-state index contributed by atoms with van der Waals surface area (Å²) < 4.78 is 0. The Morgan fingerprint density at radius 2 is 1.15 bits per heavy atom. The van der Waals surface area contributed by atoms with E-state index in [2.05, 4.69) is 51.8 Å². The molecule has 4 aromatic rings. The van der Waals surface area contributed by atoms with E-state index in [4.69, 9.17) is 5.11 Å². The molecule has 0 aliphatic carbocycles. The first-order valence-electron chi connectivity index (χ1n) is 8.13. The minimum absolute atomic E-state index is 0.00929. The molecule has 0 bridgehead atoms. The first-order valence-corrected chi connectivity index (χ1v) is 8.13. The third-order valence-electron chi connectivity index (χ3n) is 4.25. The number of rotatable bonds is 4. The number of aromatic amines is 1. The molecule has 0 aliphatic rings. The standard InChI is InChI=1S/C21H15N3O2/c25-21(26)20-19(22-24-23-20)18-12-10-17(11-13-18)16-8-6-15(7-9-16)14-4-2-1-3-5-14/h1-13H,(H,25,26)(H,22,23,24). The fraction of sp³-hybridized carbons (Fsp3) is 0. The molecular formula is C21H15N3O2. The van der Waals surface area contributed by atoms with Crippen molar-refractivity contribution in [3.8, 4) is 33.5 Å². The van der Waals surface area contributed by atoms with E-state index in [0.717, 1.165) is 11.1 Å². The van der Waals surface area contributed by atoms with Crippen LogP contribution >= 0.6 is 0 Å². The Kier molecular flexibility index (Phi) is 4.03. The molecule has 0 aliphatic heterocycles. The van der Waals surface area contributed by atoms with Gasteiger partial charge in [0, 0.05) is 5.56 Å². The largest absolute Gasteiger partial charge is 0.476 e. The fourth-order valence-corrected chi connectivity index (χ4v) is 2.89. The summed E-state index contributed by atoms with van der Waals surface area (Å²) in [5.74, 6) is -1.08. The Bertz CT molecular complexity index is 1040. The van der Waals surface area contributed by atoms with Gasteiger partial charge in [0.05, 0.1) is 0 Å². The van der Waals surface area contributed by atoms with E-state index in [-0.39, 0.29) is 5.69 Å². The molecule has 0 unspecified atom stereocenters. The molecule has 0 fully saturated rings. The first-order chi connectivity index (χ1) is 12.7. The molecule has 5 nitrogen and oxygen atoms in total. The zero-order valence-electron chi connectivity index (χ0n) is 13.8. The van der Waals surface area contributed by atoms with Crippen molar-refractivity contribution in [3.63, 3.8) is 0 Å². The van der Waals surface area contributed by atoms with Gasteiger partial charge in [0.1, 0.15) is 5.69 Å².